The van der Waals surface area contributed by atoms with Crippen molar-refractivity contribution in [3.63, 3.8) is 0 Å². The summed E-state index contributed by atoms with van der Waals surface area (Å²) in [6.07, 6.45) is 1.46. The van der Waals surface area contributed by atoms with Crippen LogP contribution in [0.3, 0.4) is 0 Å². The lowest BCUT2D eigenvalue weighted by Gasteiger charge is -2.34. The van der Waals surface area contributed by atoms with Crippen LogP contribution in [0.5, 0.6) is 11.5 Å². The number of phenols is 2. The van der Waals surface area contributed by atoms with Gasteiger partial charge in [-0.1, -0.05) is 13.3 Å². The molecule has 1 saturated heterocycles. The molecule has 0 aliphatic carbocycles. The Hall–Kier alpha value is -2.44. The van der Waals surface area contributed by atoms with Gasteiger partial charge in [0.25, 0.3) is 5.91 Å². The highest BCUT2D eigenvalue weighted by molar-refractivity contribution is 5.95. The molecule has 0 saturated carbocycles. The predicted molar refractivity (Wildman–Crippen MR) is 83.5 cm³/mol. The van der Waals surface area contributed by atoms with Crippen molar-refractivity contribution in [2.75, 3.05) is 32.8 Å². The molecule has 1 aliphatic heterocycles. The Bertz CT molecular complexity index is 547. The second-order valence-electron chi connectivity index (χ2n) is 5.49. The molecule has 0 bridgehead atoms. The summed E-state index contributed by atoms with van der Waals surface area (Å²) in [6, 6.07) is 3.79. The van der Waals surface area contributed by atoms with Crippen LogP contribution < -0.4 is 0 Å². The van der Waals surface area contributed by atoms with E-state index in [2.05, 4.69) is 0 Å². The van der Waals surface area contributed by atoms with E-state index in [1.807, 2.05) is 6.92 Å². The summed E-state index contributed by atoms with van der Waals surface area (Å²) in [4.78, 5) is 27.4. The molecule has 23 heavy (non-hydrogen) atoms. The quantitative estimate of drug-likeness (QED) is 0.825. The molecule has 1 aliphatic rings. The van der Waals surface area contributed by atoms with Gasteiger partial charge in [0, 0.05) is 37.8 Å². The van der Waals surface area contributed by atoms with Crippen molar-refractivity contribution in [2.45, 2.75) is 19.8 Å². The largest absolute Gasteiger partial charge is 0.508 e. The van der Waals surface area contributed by atoms with E-state index in [1.54, 1.807) is 9.80 Å². The summed E-state index contributed by atoms with van der Waals surface area (Å²) in [6.45, 7) is 4.02. The van der Waals surface area contributed by atoms with Crippen LogP contribution in [0, 0.1) is 0 Å². The molecule has 2 rings (SSSR count). The Morgan fingerprint density at radius 1 is 1.04 bits per heavy atom. The summed E-state index contributed by atoms with van der Waals surface area (Å²) in [5.41, 5.74) is 0.224. The van der Waals surface area contributed by atoms with Gasteiger partial charge in [0.1, 0.15) is 11.5 Å². The molecule has 2 amide bonds. The van der Waals surface area contributed by atoms with E-state index < -0.39 is 0 Å². The molecular formula is C16H22N2O5. The molecule has 0 aromatic heterocycles. The molecule has 0 unspecified atom stereocenters. The lowest BCUT2D eigenvalue weighted by atomic mass is 10.1. The van der Waals surface area contributed by atoms with Gasteiger partial charge in [0.05, 0.1) is 6.61 Å². The number of carbonyl (C=O) groups excluding carboxylic acids is 2. The van der Waals surface area contributed by atoms with E-state index in [0.717, 1.165) is 12.8 Å². The molecule has 1 fully saturated rings. The molecule has 126 valence electrons. The minimum atomic E-state index is -0.347. The Morgan fingerprint density at radius 3 is 2.17 bits per heavy atom. The predicted octanol–water partition coefficient (Wildman–Crippen LogP) is 1.79. The number of benzene rings is 1. The van der Waals surface area contributed by atoms with Gasteiger partial charge in [0.2, 0.25) is 0 Å². The first-order valence-electron chi connectivity index (χ1n) is 7.75. The van der Waals surface area contributed by atoms with E-state index in [4.69, 9.17) is 4.74 Å². The van der Waals surface area contributed by atoms with Gasteiger partial charge in [-0.2, -0.15) is 0 Å². The molecule has 1 aromatic carbocycles. The minimum Gasteiger partial charge on any atom is -0.508 e. The van der Waals surface area contributed by atoms with Crippen LogP contribution in [0.1, 0.15) is 30.1 Å². The summed E-state index contributed by atoms with van der Waals surface area (Å²) in [5.74, 6) is -0.604. The molecule has 1 heterocycles. The van der Waals surface area contributed by atoms with Gasteiger partial charge in [-0.15, -0.1) is 0 Å². The number of amides is 2. The van der Waals surface area contributed by atoms with E-state index in [-0.39, 0.29) is 29.1 Å². The van der Waals surface area contributed by atoms with Crippen LogP contribution in [0.4, 0.5) is 4.79 Å². The topological polar surface area (TPSA) is 90.3 Å². The molecule has 7 heteroatoms. The number of nitrogens with zero attached hydrogens (tertiary/aromatic N) is 2. The second kappa shape index (κ2) is 7.71. The second-order valence-corrected chi connectivity index (χ2v) is 5.49. The maximum absolute atomic E-state index is 12.4. The van der Waals surface area contributed by atoms with Crippen molar-refractivity contribution in [1.82, 2.24) is 9.80 Å². The number of aromatic hydroxyl groups is 2. The Kier molecular flexibility index (Phi) is 5.67. The number of ether oxygens (including phenoxy) is 1. The number of carbonyl (C=O) groups is 2. The number of hydrogen-bond donors (Lipinski definition) is 2. The summed E-state index contributed by atoms with van der Waals surface area (Å²) in [5, 5.41) is 18.9. The normalized spacial score (nSPS) is 14.7. The van der Waals surface area contributed by atoms with E-state index >= 15 is 0 Å². The third kappa shape index (κ3) is 4.51. The summed E-state index contributed by atoms with van der Waals surface area (Å²) < 4.78 is 5.15. The lowest BCUT2D eigenvalue weighted by molar-refractivity contribution is 0.0557. The molecular weight excluding hydrogens is 300 g/mol. The van der Waals surface area contributed by atoms with Gasteiger partial charge < -0.3 is 24.7 Å². The zero-order valence-corrected chi connectivity index (χ0v) is 13.2. The standard InChI is InChI=1S/C16H22N2O5/c1-2-3-8-23-16(22)18-6-4-17(5-7-18)15(21)12-9-13(19)11-14(20)10-12/h9-11,19-20H,2-8H2,1H3. The smallest absolute Gasteiger partial charge is 0.409 e. The highest BCUT2D eigenvalue weighted by Crippen LogP contribution is 2.22. The molecule has 0 atom stereocenters. The van der Waals surface area contributed by atoms with E-state index in [0.29, 0.717) is 32.8 Å². The number of phenolic OH excluding ortho intramolecular Hbond substituents is 2. The van der Waals surface area contributed by atoms with Crippen LogP contribution in [0.15, 0.2) is 18.2 Å². The SMILES string of the molecule is CCCCOC(=O)N1CCN(C(=O)c2cc(O)cc(O)c2)CC1. The first-order valence-corrected chi connectivity index (χ1v) is 7.75. The average Bonchev–Trinajstić information content (AvgIpc) is 2.53. The molecule has 7 nitrogen and oxygen atoms in total. The van der Waals surface area contributed by atoms with Gasteiger partial charge >= 0.3 is 6.09 Å². The maximum Gasteiger partial charge on any atom is 0.409 e. The first kappa shape index (κ1) is 16.9. The molecule has 0 spiro atoms. The number of hydrogen-bond acceptors (Lipinski definition) is 5. The van der Waals surface area contributed by atoms with E-state index in [1.165, 1.54) is 18.2 Å². The monoisotopic (exact) mass is 322 g/mol. The van der Waals surface area contributed by atoms with Crippen LogP contribution in [0.25, 0.3) is 0 Å². The fraction of sp³-hybridized carbons (Fsp3) is 0.500. The van der Waals surface area contributed by atoms with Crippen molar-refractivity contribution < 1.29 is 24.5 Å². The summed E-state index contributed by atoms with van der Waals surface area (Å²) in [7, 11) is 0. The lowest BCUT2D eigenvalue weighted by Crippen LogP contribution is -2.50. The average molecular weight is 322 g/mol. The van der Waals surface area contributed by atoms with Gasteiger partial charge in [-0.25, -0.2) is 4.79 Å². The maximum atomic E-state index is 12.4. The van der Waals surface area contributed by atoms with Gasteiger partial charge in [0.15, 0.2) is 0 Å². The number of piperazine rings is 1. The van der Waals surface area contributed by atoms with Crippen LogP contribution in [-0.4, -0.2) is 64.8 Å². The third-order valence-corrected chi connectivity index (χ3v) is 3.70. The highest BCUT2D eigenvalue weighted by atomic mass is 16.6. The fourth-order valence-electron chi connectivity index (χ4n) is 2.39. The minimum absolute atomic E-state index is 0.161. The van der Waals surface area contributed by atoms with Crippen molar-refractivity contribution >= 4 is 12.0 Å². The Morgan fingerprint density at radius 2 is 1.61 bits per heavy atom. The third-order valence-electron chi connectivity index (χ3n) is 3.70. The van der Waals surface area contributed by atoms with Crippen LogP contribution in [-0.2, 0) is 4.74 Å². The van der Waals surface area contributed by atoms with Crippen molar-refractivity contribution in [1.29, 1.82) is 0 Å². The summed E-state index contributed by atoms with van der Waals surface area (Å²) >= 11 is 0. The van der Waals surface area contributed by atoms with Gasteiger partial charge in [-0.3, -0.25) is 4.79 Å². The molecule has 1 aromatic rings. The highest BCUT2D eigenvalue weighted by Gasteiger charge is 2.26. The fourth-order valence-corrected chi connectivity index (χ4v) is 2.39. The van der Waals surface area contributed by atoms with Crippen molar-refractivity contribution in [3.8, 4) is 11.5 Å². The molecule has 2 N–H and O–H groups in total. The number of rotatable bonds is 4. The van der Waals surface area contributed by atoms with Crippen LogP contribution in [0.2, 0.25) is 0 Å². The zero-order chi connectivity index (χ0) is 16.8. The Balaban J connectivity index is 1.88. The zero-order valence-electron chi connectivity index (χ0n) is 13.2. The first-order chi connectivity index (χ1) is 11.0. The van der Waals surface area contributed by atoms with Crippen molar-refractivity contribution in [2.24, 2.45) is 0 Å². The Labute approximate surface area is 135 Å². The number of unbranched alkanes of at least 4 members (excludes halogenated alkanes) is 1. The van der Waals surface area contributed by atoms with Gasteiger partial charge in [-0.05, 0) is 18.6 Å². The van der Waals surface area contributed by atoms with Crippen molar-refractivity contribution in [3.05, 3.63) is 23.8 Å². The van der Waals surface area contributed by atoms with E-state index in [9.17, 15) is 19.8 Å². The molecule has 0 radical (unpaired) electrons. The van der Waals surface area contributed by atoms with Crippen LogP contribution >= 0.6 is 0 Å².